The number of hydrogen-bond acceptors (Lipinski definition) is 5. The summed E-state index contributed by atoms with van der Waals surface area (Å²) in [7, 11) is 0. The molecule has 0 aromatic carbocycles. The smallest absolute Gasteiger partial charge is 0.143 e. The molecule has 0 aliphatic carbocycles. The van der Waals surface area contributed by atoms with E-state index < -0.39 is 0 Å². The number of hydrazine groups is 1. The maximum Gasteiger partial charge on any atom is 0.143 e. The second kappa shape index (κ2) is 6.38. The SMILES string of the molecule is CC(C)Cc1cc(NN)nc(CSC(C)(C)C)n1. The molecular weight excluding hydrogens is 244 g/mol. The van der Waals surface area contributed by atoms with Gasteiger partial charge in [0.15, 0.2) is 0 Å². The number of nitrogens with two attached hydrogens (primary N) is 1. The lowest BCUT2D eigenvalue weighted by atomic mass is 10.1. The summed E-state index contributed by atoms with van der Waals surface area (Å²) in [6.45, 7) is 10.9. The van der Waals surface area contributed by atoms with Crippen molar-refractivity contribution in [2.75, 3.05) is 5.43 Å². The van der Waals surface area contributed by atoms with Crippen LogP contribution in [-0.4, -0.2) is 14.7 Å². The average Bonchev–Trinajstić information content (AvgIpc) is 2.24. The lowest BCUT2D eigenvalue weighted by Gasteiger charge is -2.17. The van der Waals surface area contributed by atoms with Gasteiger partial charge in [-0.25, -0.2) is 15.8 Å². The summed E-state index contributed by atoms with van der Waals surface area (Å²) in [4.78, 5) is 8.99. The molecule has 0 amide bonds. The molecule has 0 saturated heterocycles. The number of hydrogen-bond donors (Lipinski definition) is 2. The molecule has 4 nitrogen and oxygen atoms in total. The van der Waals surface area contributed by atoms with Crippen molar-refractivity contribution >= 4 is 17.6 Å². The highest BCUT2D eigenvalue weighted by Gasteiger charge is 2.13. The van der Waals surface area contributed by atoms with Gasteiger partial charge in [0.25, 0.3) is 0 Å². The van der Waals surface area contributed by atoms with Gasteiger partial charge in [-0.15, -0.1) is 11.8 Å². The Labute approximate surface area is 114 Å². The van der Waals surface area contributed by atoms with Gasteiger partial charge in [0.05, 0.1) is 5.75 Å². The zero-order valence-electron chi connectivity index (χ0n) is 11.9. The first-order valence-corrected chi connectivity index (χ1v) is 7.26. The second-order valence-electron chi connectivity index (χ2n) is 5.80. The van der Waals surface area contributed by atoms with E-state index in [9.17, 15) is 0 Å². The van der Waals surface area contributed by atoms with Gasteiger partial charge in [-0.1, -0.05) is 34.6 Å². The quantitative estimate of drug-likeness (QED) is 0.635. The number of thioether (sulfide) groups is 1. The fourth-order valence-corrected chi connectivity index (χ4v) is 2.19. The maximum atomic E-state index is 5.45. The minimum atomic E-state index is 0.216. The van der Waals surface area contributed by atoms with Crippen LogP contribution in [0.1, 0.15) is 46.1 Å². The number of nitrogens with zero attached hydrogens (tertiary/aromatic N) is 2. The highest BCUT2D eigenvalue weighted by Crippen LogP contribution is 2.26. The van der Waals surface area contributed by atoms with Crippen molar-refractivity contribution in [1.82, 2.24) is 9.97 Å². The van der Waals surface area contributed by atoms with E-state index in [1.54, 1.807) is 0 Å². The van der Waals surface area contributed by atoms with Crippen LogP contribution < -0.4 is 11.3 Å². The number of anilines is 1. The standard InChI is InChI=1S/C13H24N4S/c1-9(2)6-10-7-11(17-14)16-12(15-10)8-18-13(3,4)5/h7,9H,6,8,14H2,1-5H3,(H,15,16,17). The molecular formula is C13H24N4S. The van der Waals surface area contributed by atoms with Crippen LogP contribution in [0.25, 0.3) is 0 Å². The molecule has 0 aliphatic rings. The topological polar surface area (TPSA) is 63.8 Å². The zero-order chi connectivity index (χ0) is 13.8. The molecule has 18 heavy (non-hydrogen) atoms. The summed E-state index contributed by atoms with van der Waals surface area (Å²) in [5, 5.41) is 0. The molecule has 5 heteroatoms. The van der Waals surface area contributed by atoms with Gasteiger partial charge in [-0.05, 0) is 12.3 Å². The number of aromatic nitrogens is 2. The third kappa shape index (κ3) is 5.69. The van der Waals surface area contributed by atoms with Crippen molar-refractivity contribution in [2.45, 2.75) is 51.5 Å². The fourth-order valence-electron chi connectivity index (χ4n) is 1.49. The van der Waals surface area contributed by atoms with Crippen LogP contribution in [-0.2, 0) is 12.2 Å². The Morgan fingerprint density at radius 3 is 2.50 bits per heavy atom. The van der Waals surface area contributed by atoms with Crippen molar-refractivity contribution in [3.8, 4) is 0 Å². The van der Waals surface area contributed by atoms with Crippen molar-refractivity contribution in [1.29, 1.82) is 0 Å². The van der Waals surface area contributed by atoms with Crippen LogP contribution in [0.5, 0.6) is 0 Å². The highest BCUT2D eigenvalue weighted by atomic mass is 32.2. The summed E-state index contributed by atoms with van der Waals surface area (Å²) < 4.78 is 0.216. The molecule has 102 valence electrons. The van der Waals surface area contributed by atoms with E-state index in [0.29, 0.717) is 11.7 Å². The first-order valence-electron chi connectivity index (χ1n) is 6.27. The molecule has 0 saturated carbocycles. The molecule has 0 spiro atoms. The molecule has 1 rings (SSSR count). The zero-order valence-corrected chi connectivity index (χ0v) is 12.8. The highest BCUT2D eigenvalue weighted by molar-refractivity contribution is 7.99. The summed E-state index contributed by atoms with van der Waals surface area (Å²) in [5.41, 5.74) is 3.67. The lowest BCUT2D eigenvalue weighted by molar-refractivity contribution is 0.632. The van der Waals surface area contributed by atoms with E-state index in [1.165, 1.54) is 0 Å². The van der Waals surface area contributed by atoms with E-state index in [0.717, 1.165) is 23.7 Å². The molecule has 3 N–H and O–H groups in total. The largest absolute Gasteiger partial charge is 0.308 e. The number of nitrogen functional groups attached to an aromatic ring is 1. The van der Waals surface area contributed by atoms with Crippen LogP contribution in [0.15, 0.2) is 6.07 Å². The second-order valence-corrected chi connectivity index (χ2v) is 7.61. The van der Waals surface area contributed by atoms with E-state index in [1.807, 2.05) is 17.8 Å². The molecule has 0 atom stereocenters. The van der Waals surface area contributed by atoms with E-state index in [-0.39, 0.29) is 4.75 Å². The average molecular weight is 268 g/mol. The molecule has 0 radical (unpaired) electrons. The van der Waals surface area contributed by atoms with Gasteiger partial charge in [0.1, 0.15) is 11.6 Å². The van der Waals surface area contributed by atoms with Crippen LogP contribution in [0.4, 0.5) is 5.82 Å². The van der Waals surface area contributed by atoms with Crippen LogP contribution in [0.2, 0.25) is 0 Å². The Kier molecular flexibility index (Phi) is 5.41. The van der Waals surface area contributed by atoms with Gasteiger partial charge < -0.3 is 5.43 Å². The van der Waals surface area contributed by atoms with Crippen LogP contribution >= 0.6 is 11.8 Å². The Morgan fingerprint density at radius 2 is 2.00 bits per heavy atom. The Morgan fingerprint density at radius 1 is 1.33 bits per heavy atom. The van der Waals surface area contributed by atoms with Crippen molar-refractivity contribution in [3.63, 3.8) is 0 Å². The molecule has 0 unspecified atom stereocenters. The van der Waals surface area contributed by atoms with Crippen molar-refractivity contribution in [2.24, 2.45) is 11.8 Å². The van der Waals surface area contributed by atoms with E-state index in [2.05, 4.69) is 50.0 Å². The normalized spacial score (nSPS) is 11.9. The van der Waals surface area contributed by atoms with Crippen molar-refractivity contribution in [3.05, 3.63) is 17.6 Å². The van der Waals surface area contributed by atoms with Crippen LogP contribution in [0.3, 0.4) is 0 Å². The summed E-state index contributed by atoms with van der Waals surface area (Å²) in [5.74, 6) is 8.39. The van der Waals surface area contributed by atoms with Crippen LogP contribution in [0, 0.1) is 5.92 Å². The summed E-state index contributed by atoms with van der Waals surface area (Å²) in [6, 6.07) is 1.92. The number of nitrogens with one attached hydrogen (secondary N) is 1. The van der Waals surface area contributed by atoms with E-state index in [4.69, 9.17) is 5.84 Å². The fraction of sp³-hybridized carbons (Fsp3) is 0.692. The predicted molar refractivity (Wildman–Crippen MR) is 79.4 cm³/mol. The lowest BCUT2D eigenvalue weighted by Crippen LogP contribution is -2.13. The van der Waals surface area contributed by atoms with Gasteiger partial charge in [0.2, 0.25) is 0 Å². The van der Waals surface area contributed by atoms with Gasteiger partial charge >= 0.3 is 0 Å². The van der Waals surface area contributed by atoms with E-state index >= 15 is 0 Å². The molecule has 0 fully saturated rings. The van der Waals surface area contributed by atoms with Gasteiger partial charge in [0, 0.05) is 16.5 Å². The third-order valence-electron chi connectivity index (χ3n) is 2.23. The molecule has 1 aromatic heterocycles. The minimum Gasteiger partial charge on any atom is -0.308 e. The molecule has 0 bridgehead atoms. The Balaban J connectivity index is 2.83. The van der Waals surface area contributed by atoms with Gasteiger partial charge in [-0.2, -0.15) is 0 Å². The minimum absolute atomic E-state index is 0.216. The molecule has 0 aliphatic heterocycles. The number of rotatable bonds is 5. The monoisotopic (exact) mass is 268 g/mol. The van der Waals surface area contributed by atoms with Crippen molar-refractivity contribution < 1.29 is 0 Å². The Bertz CT molecular complexity index is 385. The Hall–Kier alpha value is -0.810. The summed E-state index contributed by atoms with van der Waals surface area (Å²) in [6.07, 6.45) is 0.949. The first-order chi connectivity index (χ1) is 8.30. The first kappa shape index (κ1) is 15.2. The molecule has 1 heterocycles. The third-order valence-corrected chi connectivity index (χ3v) is 3.49. The molecule has 1 aromatic rings. The summed E-state index contributed by atoms with van der Waals surface area (Å²) >= 11 is 1.84. The van der Waals surface area contributed by atoms with Gasteiger partial charge in [-0.3, -0.25) is 0 Å². The predicted octanol–water partition coefficient (Wildman–Crippen LogP) is 2.99. The maximum absolute atomic E-state index is 5.45.